The van der Waals surface area contributed by atoms with Crippen LogP contribution in [0.4, 0.5) is 4.39 Å². The maximum Gasteiger partial charge on any atom is 0.254 e. The van der Waals surface area contributed by atoms with Crippen LogP contribution in [0.25, 0.3) is 0 Å². The second kappa shape index (κ2) is 5.91. The van der Waals surface area contributed by atoms with Gasteiger partial charge in [-0.15, -0.1) is 0 Å². The molecule has 1 fully saturated rings. The molecule has 2 heterocycles. The van der Waals surface area contributed by atoms with E-state index in [4.69, 9.17) is 16.4 Å². The van der Waals surface area contributed by atoms with Crippen molar-refractivity contribution in [3.05, 3.63) is 70.5 Å². The van der Waals surface area contributed by atoms with E-state index in [2.05, 4.69) is 5.16 Å². The zero-order chi connectivity index (χ0) is 16.7. The lowest BCUT2D eigenvalue weighted by Crippen LogP contribution is -2.30. The Morgan fingerprint density at radius 2 is 1.96 bits per heavy atom. The molecule has 0 bridgehead atoms. The Balaban J connectivity index is 1.59. The molecular formula is C18H14ClFN2O2. The van der Waals surface area contributed by atoms with Crippen LogP contribution in [0.5, 0.6) is 0 Å². The third kappa shape index (κ3) is 2.45. The number of fused-ring (bicyclic) bond motifs is 1. The van der Waals surface area contributed by atoms with Crippen LogP contribution in [-0.2, 0) is 4.84 Å². The summed E-state index contributed by atoms with van der Waals surface area (Å²) in [5, 5.41) is 4.33. The molecular weight excluding hydrogens is 331 g/mol. The fourth-order valence-electron chi connectivity index (χ4n) is 3.24. The zero-order valence-electron chi connectivity index (χ0n) is 12.7. The highest BCUT2D eigenvalue weighted by atomic mass is 35.5. The minimum Gasteiger partial charge on any atom is -0.390 e. The van der Waals surface area contributed by atoms with Crippen LogP contribution in [0.3, 0.4) is 0 Å². The number of carbonyl (C=O) groups is 1. The molecule has 0 spiro atoms. The maximum atomic E-state index is 14.2. The Hall–Kier alpha value is -2.40. The molecule has 6 heteroatoms. The third-order valence-corrected chi connectivity index (χ3v) is 4.75. The van der Waals surface area contributed by atoms with Gasteiger partial charge >= 0.3 is 0 Å². The predicted octanol–water partition coefficient (Wildman–Crippen LogP) is 3.35. The number of oxime groups is 1. The molecule has 2 aliphatic rings. The van der Waals surface area contributed by atoms with Crippen molar-refractivity contribution >= 4 is 23.2 Å². The molecule has 1 amide bonds. The van der Waals surface area contributed by atoms with E-state index in [0.717, 1.165) is 0 Å². The molecule has 2 aliphatic heterocycles. The van der Waals surface area contributed by atoms with Crippen molar-refractivity contribution in [1.29, 1.82) is 0 Å². The molecule has 2 aromatic rings. The fraction of sp³-hybridized carbons (Fsp3) is 0.222. The summed E-state index contributed by atoms with van der Waals surface area (Å²) >= 11 is 6.14. The standard InChI is InChI=1S/C18H14ClFN2O2/c19-13-7-4-8-14(20)16(13)17-12-9-22(10-15(12)24-21-17)18(23)11-5-2-1-3-6-11/h1-8,12,15H,9-10H2. The molecule has 0 N–H and O–H groups in total. The predicted molar refractivity (Wildman–Crippen MR) is 88.7 cm³/mol. The summed E-state index contributed by atoms with van der Waals surface area (Å²) < 4.78 is 14.2. The van der Waals surface area contributed by atoms with E-state index in [1.165, 1.54) is 6.07 Å². The number of benzene rings is 2. The summed E-state index contributed by atoms with van der Waals surface area (Å²) in [4.78, 5) is 19.7. The van der Waals surface area contributed by atoms with Crippen LogP contribution in [0.2, 0.25) is 5.02 Å². The van der Waals surface area contributed by atoms with Crippen LogP contribution in [0, 0.1) is 11.7 Å². The Kier molecular flexibility index (Phi) is 3.73. The van der Waals surface area contributed by atoms with Gasteiger partial charge in [0.25, 0.3) is 5.91 Å². The average molecular weight is 345 g/mol. The normalized spacial score (nSPS) is 22.1. The Labute approximate surface area is 143 Å². The Morgan fingerprint density at radius 1 is 1.17 bits per heavy atom. The van der Waals surface area contributed by atoms with Gasteiger partial charge in [0.2, 0.25) is 0 Å². The van der Waals surface area contributed by atoms with Gasteiger partial charge in [0.15, 0.2) is 6.10 Å². The molecule has 4 nitrogen and oxygen atoms in total. The van der Waals surface area contributed by atoms with E-state index < -0.39 is 5.82 Å². The first-order chi connectivity index (χ1) is 11.6. The van der Waals surface area contributed by atoms with Gasteiger partial charge in [0.1, 0.15) is 11.5 Å². The van der Waals surface area contributed by atoms with Crippen molar-refractivity contribution in [2.45, 2.75) is 6.10 Å². The number of carbonyl (C=O) groups excluding carboxylic acids is 1. The molecule has 24 heavy (non-hydrogen) atoms. The van der Waals surface area contributed by atoms with Gasteiger partial charge in [0.05, 0.1) is 23.0 Å². The van der Waals surface area contributed by atoms with Crippen molar-refractivity contribution in [3.63, 3.8) is 0 Å². The van der Waals surface area contributed by atoms with Gasteiger partial charge < -0.3 is 9.74 Å². The summed E-state index contributed by atoms with van der Waals surface area (Å²) in [5.41, 5.74) is 1.37. The van der Waals surface area contributed by atoms with Gasteiger partial charge in [0, 0.05) is 12.1 Å². The SMILES string of the molecule is O=C(c1ccccc1)N1CC2ON=C(c3c(F)cccc3Cl)C2C1. The smallest absolute Gasteiger partial charge is 0.254 e. The van der Waals surface area contributed by atoms with Crippen LogP contribution in [0.1, 0.15) is 15.9 Å². The molecule has 122 valence electrons. The van der Waals surface area contributed by atoms with E-state index >= 15 is 0 Å². The minimum absolute atomic E-state index is 0.0624. The zero-order valence-corrected chi connectivity index (χ0v) is 13.4. The van der Waals surface area contributed by atoms with Crippen molar-refractivity contribution in [3.8, 4) is 0 Å². The number of halogens is 2. The van der Waals surface area contributed by atoms with Gasteiger partial charge in [-0.05, 0) is 24.3 Å². The summed E-state index contributed by atoms with van der Waals surface area (Å²) in [7, 11) is 0. The van der Waals surface area contributed by atoms with E-state index in [1.807, 2.05) is 18.2 Å². The highest BCUT2D eigenvalue weighted by molar-refractivity contribution is 6.34. The molecule has 2 unspecified atom stereocenters. The topological polar surface area (TPSA) is 41.9 Å². The molecule has 1 saturated heterocycles. The van der Waals surface area contributed by atoms with Crippen LogP contribution in [-0.4, -0.2) is 35.7 Å². The summed E-state index contributed by atoms with van der Waals surface area (Å²) in [5.74, 6) is -0.669. The van der Waals surface area contributed by atoms with Crippen molar-refractivity contribution in [2.24, 2.45) is 11.1 Å². The summed E-state index contributed by atoms with van der Waals surface area (Å²) in [6, 6.07) is 13.6. The first kappa shape index (κ1) is 15.1. The number of amides is 1. The van der Waals surface area contributed by atoms with Gasteiger partial charge in [-0.1, -0.05) is 41.0 Å². The Morgan fingerprint density at radius 3 is 2.71 bits per heavy atom. The summed E-state index contributed by atoms with van der Waals surface area (Å²) in [6.07, 6.45) is -0.261. The molecule has 0 aromatic heterocycles. The molecule has 0 saturated carbocycles. The monoisotopic (exact) mass is 344 g/mol. The van der Waals surface area contributed by atoms with Gasteiger partial charge in [-0.25, -0.2) is 4.39 Å². The van der Waals surface area contributed by atoms with E-state index in [-0.39, 0.29) is 23.5 Å². The van der Waals surface area contributed by atoms with Crippen LogP contribution < -0.4 is 0 Å². The second-order valence-corrected chi connectivity index (χ2v) is 6.31. The summed E-state index contributed by atoms with van der Waals surface area (Å²) in [6.45, 7) is 0.860. The van der Waals surface area contributed by atoms with Crippen molar-refractivity contribution in [1.82, 2.24) is 4.90 Å². The quantitative estimate of drug-likeness (QED) is 0.838. The Bertz CT molecular complexity index is 805. The molecule has 2 atom stereocenters. The number of rotatable bonds is 2. The number of hydrogen-bond acceptors (Lipinski definition) is 3. The second-order valence-electron chi connectivity index (χ2n) is 5.90. The van der Waals surface area contributed by atoms with E-state index in [0.29, 0.717) is 29.4 Å². The van der Waals surface area contributed by atoms with E-state index in [9.17, 15) is 9.18 Å². The molecule has 2 aromatic carbocycles. The lowest BCUT2D eigenvalue weighted by molar-refractivity contribution is 0.0631. The number of nitrogens with zero attached hydrogens (tertiary/aromatic N) is 2. The highest BCUT2D eigenvalue weighted by Gasteiger charge is 2.45. The number of hydrogen-bond donors (Lipinski definition) is 0. The first-order valence-electron chi connectivity index (χ1n) is 7.67. The van der Waals surface area contributed by atoms with Crippen molar-refractivity contribution in [2.75, 3.05) is 13.1 Å². The molecule has 0 radical (unpaired) electrons. The highest BCUT2D eigenvalue weighted by Crippen LogP contribution is 2.34. The molecule has 0 aliphatic carbocycles. The average Bonchev–Trinajstić information content (AvgIpc) is 3.16. The number of likely N-dealkylation sites (tertiary alicyclic amines) is 1. The van der Waals surface area contributed by atoms with Crippen LogP contribution >= 0.6 is 11.6 Å². The molecule has 4 rings (SSSR count). The van der Waals surface area contributed by atoms with Gasteiger partial charge in [-0.3, -0.25) is 4.79 Å². The van der Waals surface area contributed by atoms with Crippen LogP contribution in [0.15, 0.2) is 53.7 Å². The lowest BCUT2D eigenvalue weighted by Gasteiger charge is -2.17. The lowest BCUT2D eigenvalue weighted by atomic mass is 9.94. The van der Waals surface area contributed by atoms with Crippen molar-refractivity contribution < 1.29 is 14.0 Å². The van der Waals surface area contributed by atoms with Gasteiger partial charge in [-0.2, -0.15) is 0 Å². The fourth-order valence-corrected chi connectivity index (χ4v) is 3.50. The minimum atomic E-state index is -0.432. The largest absolute Gasteiger partial charge is 0.390 e. The van der Waals surface area contributed by atoms with E-state index in [1.54, 1.807) is 29.2 Å². The maximum absolute atomic E-state index is 14.2. The third-order valence-electron chi connectivity index (χ3n) is 4.43. The first-order valence-corrected chi connectivity index (χ1v) is 8.05.